The number of ether oxygens (including phenoxy) is 1. The number of nitrogens with one attached hydrogen (secondary N) is 1. The second-order valence-electron chi connectivity index (χ2n) is 4.35. The maximum atomic E-state index is 5.48. The van der Waals surface area contributed by atoms with Crippen LogP contribution in [0, 0.1) is 11.3 Å². The van der Waals surface area contributed by atoms with Gasteiger partial charge in [-0.05, 0) is 18.3 Å². The van der Waals surface area contributed by atoms with E-state index in [0.717, 1.165) is 19.1 Å². The van der Waals surface area contributed by atoms with Crippen molar-refractivity contribution in [3.8, 4) is 0 Å². The average molecular weight is 190 g/mol. The van der Waals surface area contributed by atoms with Gasteiger partial charge >= 0.3 is 0 Å². The fourth-order valence-corrected chi connectivity index (χ4v) is 3.00. The first-order valence-corrected chi connectivity index (χ1v) is 4.72. The molecule has 3 heteroatoms. The monoisotopic (exact) mass is 189 g/mol. The number of fused-ring (bicyclic) bond motifs is 2. The van der Waals surface area contributed by atoms with Crippen molar-refractivity contribution < 1.29 is 4.74 Å². The third-order valence-corrected chi connectivity index (χ3v) is 3.93. The summed E-state index contributed by atoms with van der Waals surface area (Å²) >= 11 is 0. The van der Waals surface area contributed by atoms with Gasteiger partial charge < -0.3 is 10.1 Å². The largest absolute Gasteiger partial charge is 0.379 e. The van der Waals surface area contributed by atoms with Crippen molar-refractivity contribution in [1.29, 1.82) is 0 Å². The van der Waals surface area contributed by atoms with Gasteiger partial charge in [0.15, 0.2) is 0 Å². The molecule has 1 N–H and O–H groups in total. The third-order valence-electron chi connectivity index (χ3n) is 3.93. The Morgan fingerprint density at radius 2 is 2.08 bits per heavy atom. The lowest BCUT2D eigenvalue weighted by molar-refractivity contribution is 0.0656. The van der Waals surface area contributed by atoms with Crippen LogP contribution in [-0.2, 0) is 4.74 Å². The van der Waals surface area contributed by atoms with Crippen LogP contribution in [0.4, 0.5) is 0 Å². The smallest absolute Gasteiger partial charge is 0.0623 e. The molecular formula is C9H16ClNO. The van der Waals surface area contributed by atoms with Crippen LogP contribution in [0.1, 0.15) is 19.3 Å². The molecule has 0 bridgehead atoms. The standard InChI is InChI=1S/C9H15NO.ClH/c1-2-9(3-1)6-10-8-5-11-4-7(8)9;/h7-8,10H,1-6H2;1H. The molecule has 0 aromatic heterocycles. The zero-order chi connectivity index (χ0) is 7.31. The maximum absolute atomic E-state index is 5.48. The van der Waals surface area contributed by atoms with Gasteiger partial charge in [0.1, 0.15) is 0 Å². The van der Waals surface area contributed by atoms with Crippen molar-refractivity contribution in [3.63, 3.8) is 0 Å². The van der Waals surface area contributed by atoms with Crippen molar-refractivity contribution in [1.82, 2.24) is 5.32 Å². The highest BCUT2D eigenvalue weighted by atomic mass is 35.5. The van der Waals surface area contributed by atoms with Crippen LogP contribution >= 0.6 is 12.4 Å². The van der Waals surface area contributed by atoms with E-state index < -0.39 is 0 Å². The molecule has 2 atom stereocenters. The van der Waals surface area contributed by atoms with Gasteiger partial charge in [-0.2, -0.15) is 0 Å². The van der Waals surface area contributed by atoms with Crippen molar-refractivity contribution in [2.24, 2.45) is 11.3 Å². The van der Waals surface area contributed by atoms with Gasteiger partial charge in [0.25, 0.3) is 0 Å². The minimum absolute atomic E-state index is 0. The van der Waals surface area contributed by atoms with Crippen molar-refractivity contribution in [3.05, 3.63) is 0 Å². The summed E-state index contributed by atoms with van der Waals surface area (Å²) in [6.45, 7) is 3.26. The highest BCUT2D eigenvalue weighted by molar-refractivity contribution is 5.85. The van der Waals surface area contributed by atoms with Gasteiger partial charge in [-0.15, -0.1) is 12.4 Å². The van der Waals surface area contributed by atoms with Crippen LogP contribution in [0.3, 0.4) is 0 Å². The molecule has 0 radical (unpaired) electrons. The van der Waals surface area contributed by atoms with Gasteiger partial charge in [0.2, 0.25) is 0 Å². The highest BCUT2D eigenvalue weighted by Gasteiger charge is 2.53. The summed E-state index contributed by atoms with van der Waals surface area (Å²) < 4.78 is 5.48. The maximum Gasteiger partial charge on any atom is 0.0623 e. The Labute approximate surface area is 79.5 Å². The molecular weight excluding hydrogens is 174 g/mol. The lowest BCUT2D eigenvalue weighted by atomic mass is 9.62. The predicted octanol–water partition coefficient (Wildman–Crippen LogP) is 1.20. The highest BCUT2D eigenvalue weighted by Crippen LogP contribution is 2.52. The molecule has 3 rings (SSSR count). The number of hydrogen-bond donors (Lipinski definition) is 1. The molecule has 1 saturated carbocycles. The van der Waals surface area contributed by atoms with Crippen LogP contribution in [0.25, 0.3) is 0 Å². The van der Waals surface area contributed by atoms with E-state index >= 15 is 0 Å². The minimum atomic E-state index is 0. The molecule has 2 saturated heterocycles. The van der Waals surface area contributed by atoms with E-state index in [4.69, 9.17) is 4.74 Å². The summed E-state index contributed by atoms with van der Waals surface area (Å²) in [6.07, 6.45) is 4.35. The van der Waals surface area contributed by atoms with Crippen LogP contribution in [0.5, 0.6) is 0 Å². The summed E-state index contributed by atoms with van der Waals surface area (Å²) in [7, 11) is 0. The first-order chi connectivity index (χ1) is 5.41. The Morgan fingerprint density at radius 3 is 2.75 bits per heavy atom. The Balaban J connectivity index is 0.000000563. The van der Waals surface area contributed by atoms with E-state index in [1.165, 1.54) is 25.8 Å². The van der Waals surface area contributed by atoms with E-state index in [-0.39, 0.29) is 12.4 Å². The van der Waals surface area contributed by atoms with Crippen molar-refractivity contribution in [2.45, 2.75) is 25.3 Å². The summed E-state index contributed by atoms with van der Waals surface area (Å²) in [4.78, 5) is 0. The van der Waals surface area contributed by atoms with Gasteiger partial charge in [0, 0.05) is 18.5 Å². The summed E-state index contributed by atoms with van der Waals surface area (Å²) in [5.74, 6) is 0.858. The first kappa shape index (κ1) is 8.79. The number of hydrogen-bond acceptors (Lipinski definition) is 2. The zero-order valence-electron chi connectivity index (χ0n) is 7.21. The molecule has 2 nitrogen and oxygen atoms in total. The van der Waals surface area contributed by atoms with E-state index in [1.54, 1.807) is 0 Å². The molecule has 0 amide bonds. The van der Waals surface area contributed by atoms with Gasteiger partial charge in [-0.25, -0.2) is 0 Å². The van der Waals surface area contributed by atoms with E-state index in [9.17, 15) is 0 Å². The van der Waals surface area contributed by atoms with Crippen LogP contribution in [0.2, 0.25) is 0 Å². The molecule has 2 heterocycles. The second-order valence-corrected chi connectivity index (χ2v) is 4.35. The minimum Gasteiger partial charge on any atom is -0.379 e. The number of halogens is 1. The normalized spacial score (nSPS) is 42.0. The van der Waals surface area contributed by atoms with E-state index in [2.05, 4.69) is 5.32 Å². The molecule has 0 aromatic carbocycles. The molecule has 1 spiro atoms. The summed E-state index contributed by atoms with van der Waals surface area (Å²) in [6, 6.07) is 0.704. The Morgan fingerprint density at radius 1 is 1.25 bits per heavy atom. The van der Waals surface area contributed by atoms with Gasteiger partial charge in [-0.3, -0.25) is 0 Å². The molecule has 2 unspecified atom stereocenters. The predicted molar refractivity (Wildman–Crippen MR) is 49.6 cm³/mol. The van der Waals surface area contributed by atoms with Crippen molar-refractivity contribution >= 4 is 12.4 Å². The quantitative estimate of drug-likeness (QED) is 0.619. The topological polar surface area (TPSA) is 21.3 Å². The SMILES string of the molecule is C1CC2(C1)CNC1COCC12.Cl. The third kappa shape index (κ3) is 0.949. The first-order valence-electron chi connectivity index (χ1n) is 4.72. The Kier molecular flexibility index (Phi) is 2.10. The van der Waals surface area contributed by atoms with Gasteiger partial charge in [-0.1, -0.05) is 6.42 Å². The van der Waals surface area contributed by atoms with Crippen LogP contribution in [0.15, 0.2) is 0 Å². The molecule has 3 fully saturated rings. The summed E-state index contributed by atoms with van der Waals surface area (Å²) in [5.41, 5.74) is 0.682. The van der Waals surface area contributed by atoms with E-state index in [0.29, 0.717) is 11.5 Å². The molecule has 0 aromatic rings. The Bertz CT molecular complexity index is 181. The average Bonchev–Trinajstić information content (AvgIpc) is 2.38. The summed E-state index contributed by atoms with van der Waals surface area (Å²) in [5, 5.41) is 3.59. The molecule has 3 aliphatic rings. The van der Waals surface area contributed by atoms with E-state index in [1.807, 2.05) is 0 Å². The Hall–Kier alpha value is 0.210. The lowest BCUT2D eigenvalue weighted by Crippen LogP contribution is -2.38. The molecule has 70 valence electrons. The number of rotatable bonds is 0. The fraction of sp³-hybridized carbons (Fsp3) is 1.00. The van der Waals surface area contributed by atoms with Gasteiger partial charge in [0.05, 0.1) is 13.2 Å². The molecule has 12 heavy (non-hydrogen) atoms. The van der Waals surface area contributed by atoms with Crippen molar-refractivity contribution in [2.75, 3.05) is 19.8 Å². The second kappa shape index (κ2) is 2.86. The van der Waals surface area contributed by atoms with Crippen LogP contribution < -0.4 is 5.32 Å². The lowest BCUT2D eigenvalue weighted by Gasteiger charge is -2.42. The zero-order valence-corrected chi connectivity index (χ0v) is 8.03. The molecule has 2 aliphatic heterocycles. The van der Waals surface area contributed by atoms with Crippen LogP contribution in [-0.4, -0.2) is 25.8 Å². The molecule has 1 aliphatic carbocycles. The fourth-order valence-electron chi connectivity index (χ4n) is 3.00.